The molecule has 0 saturated heterocycles. The molecular weight excluding hydrogens is 294 g/mol. The maximum atomic E-state index is 11.9. The minimum absolute atomic E-state index is 0.118. The van der Waals surface area contributed by atoms with Crippen molar-refractivity contribution < 1.29 is 9.59 Å². The topological polar surface area (TPSA) is 96.0 Å². The summed E-state index contributed by atoms with van der Waals surface area (Å²) >= 11 is 0. The first-order valence-corrected chi connectivity index (χ1v) is 7.24. The second-order valence-corrected chi connectivity index (χ2v) is 4.93. The zero-order chi connectivity index (χ0) is 16.7. The van der Waals surface area contributed by atoms with Crippen LogP contribution in [-0.4, -0.2) is 42.1 Å². The molecule has 0 aliphatic heterocycles. The van der Waals surface area contributed by atoms with Crippen molar-refractivity contribution in [2.24, 2.45) is 0 Å². The number of rotatable bonds is 6. The van der Waals surface area contributed by atoms with Crippen molar-refractivity contribution in [3.8, 4) is 0 Å². The fourth-order valence-corrected chi connectivity index (χ4v) is 1.85. The van der Waals surface area contributed by atoms with E-state index in [2.05, 4.69) is 26.1 Å². The second-order valence-electron chi connectivity index (χ2n) is 4.93. The van der Waals surface area contributed by atoms with Gasteiger partial charge in [0.2, 0.25) is 0 Å². The predicted octanol–water partition coefficient (Wildman–Crippen LogP) is 0.987. The molecule has 0 fully saturated rings. The number of aromatic nitrogens is 2. The molecule has 0 aliphatic carbocycles. The third kappa shape index (κ3) is 4.77. The van der Waals surface area contributed by atoms with E-state index in [4.69, 9.17) is 0 Å². The van der Waals surface area contributed by atoms with Gasteiger partial charge >= 0.3 is 0 Å². The number of anilines is 1. The summed E-state index contributed by atoms with van der Waals surface area (Å²) in [5.41, 5.74) is 2.00. The van der Waals surface area contributed by atoms with Crippen LogP contribution in [-0.2, 0) is 0 Å². The normalized spacial score (nSPS) is 10.0. The molecule has 2 amide bonds. The van der Waals surface area contributed by atoms with E-state index >= 15 is 0 Å². The molecule has 0 unspecified atom stereocenters. The van der Waals surface area contributed by atoms with Crippen LogP contribution >= 0.6 is 0 Å². The lowest BCUT2D eigenvalue weighted by Crippen LogP contribution is -2.29. The van der Waals surface area contributed by atoms with Gasteiger partial charge in [-0.05, 0) is 31.2 Å². The molecule has 0 spiro atoms. The minimum atomic E-state index is -0.283. The van der Waals surface area contributed by atoms with Gasteiger partial charge in [0, 0.05) is 25.7 Å². The van der Waals surface area contributed by atoms with Gasteiger partial charge in [-0.2, -0.15) is 0 Å². The van der Waals surface area contributed by atoms with Crippen molar-refractivity contribution in [2.45, 2.75) is 6.92 Å². The summed E-state index contributed by atoms with van der Waals surface area (Å²) in [5.74, 6) is 0.143. The minimum Gasteiger partial charge on any atom is -0.367 e. The molecule has 0 saturated carbocycles. The van der Waals surface area contributed by atoms with E-state index in [9.17, 15) is 9.59 Å². The van der Waals surface area contributed by atoms with Gasteiger partial charge in [-0.25, -0.2) is 0 Å². The lowest BCUT2D eigenvalue weighted by Gasteiger charge is -2.07. The van der Waals surface area contributed by atoms with Crippen LogP contribution in [0.15, 0.2) is 36.4 Å². The summed E-state index contributed by atoms with van der Waals surface area (Å²) in [6.07, 6.45) is 0. The van der Waals surface area contributed by atoms with E-state index in [1.165, 1.54) is 7.05 Å². The number of nitrogens with zero attached hydrogens (tertiary/aromatic N) is 2. The lowest BCUT2D eigenvalue weighted by molar-refractivity contribution is 0.0947. The van der Waals surface area contributed by atoms with Crippen LogP contribution in [0, 0.1) is 6.92 Å². The van der Waals surface area contributed by atoms with Crippen LogP contribution in [0.4, 0.5) is 5.82 Å². The van der Waals surface area contributed by atoms with Crippen molar-refractivity contribution in [1.82, 2.24) is 20.8 Å². The second kappa shape index (κ2) is 7.88. The van der Waals surface area contributed by atoms with Crippen molar-refractivity contribution >= 4 is 17.6 Å². The summed E-state index contributed by atoms with van der Waals surface area (Å²) in [6.45, 7) is 2.93. The Bertz CT molecular complexity index is 668. The molecule has 1 aromatic carbocycles. The van der Waals surface area contributed by atoms with Gasteiger partial charge in [0.15, 0.2) is 5.69 Å². The number of aryl methyl sites for hydroxylation is 1. The number of hydrogen-bond donors (Lipinski definition) is 3. The Kier molecular flexibility index (Phi) is 5.62. The Morgan fingerprint density at radius 1 is 0.957 bits per heavy atom. The van der Waals surface area contributed by atoms with Gasteiger partial charge in [0.05, 0.1) is 0 Å². The number of carbonyl (C=O) groups excluding carboxylic acids is 2. The quantitative estimate of drug-likeness (QED) is 0.691. The van der Waals surface area contributed by atoms with Gasteiger partial charge in [-0.15, -0.1) is 10.2 Å². The molecule has 23 heavy (non-hydrogen) atoms. The number of amides is 2. The van der Waals surface area contributed by atoms with Crippen LogP contribution < -0.4 is 16.0 Å². The molecule has 0 atom stereocenters. The van der Waals surface area contributed by atoms with Crippen LogP contribution in [0.5, 0.6) is 0 Å². The Hall–Kier alpha value is -2.96. The smallest absolute Gasteiger partial charge is 0.271 e. The van der Waals surface area contributed by atoms with Crippen LogP contribution in [0.1, 0.15) is 26.4 Å². The fourth-order valence-electron chi connectivity index (χ4n) is 1.85. The molecule has 120 valence electrons. The van der Waals surface area contributed by atoms with E-state index < -0.39 is 0 Å². The SMILES string of the molecule is CNC(=O)c1ccc(NCCNC(=O)c2ccc(C)cc2)nn1. The van der Waals surface area contributed by atoms with Crippen molar-refractivity contribution in [3.63, 3.8) is 0 Å². The maximum absolute atomic E-state index is 11.9. The van der Waals surface area contributed by atoms with Crippen LogP contribution in [0.25, 0.3) is 0 Å². The van der Waals surface area contributed by atoms with Crippen LogP contribution in [0.3, 0.4) is 0 Å². The number of nitrogens with one attached hydrogen (secondary N) is 3. The monoisotopic (exact) mass is 313 g/mol. The van der Waals surface area contributed by atoms with E-state index in [0.29, 0.717) is 24.5 Å². The Morgan fingerprint density at radius 2 is 1.70 bits per heavy atom. The largest absolute Gasteiger partial charge is 0.367 e. The van der Waals surface area contributed by atoms with E-state index in [1.807, 2.05) is 19.1 Å². The van der Waals surface area contributed by atoms with E-state index in [0.717, 1.165) is 5.56 Å². The zero-order valence-electron chi connectivity index (χ0n) is 13.1. The molecule has 7 heteroatoms. The number of benzene rings is 1. The van der Waals surface area contributed by atoms with Crippen molar-refractivity contribution in [2.75, 3.05) is 25.5 Å². The highest BCUT2D eigenvalue weighted by molar-refractivity contribution is 5.94. The summed E-state index contributed by atoms with van der Waals surface area (Å²) < 4.78 is 0. The highest BCUT2D eigenvalue weighted by Gasteiger charge is 2.06. The summed E-state index contributed by atoms with van der Waals surface area (Å²) in [5, 5.41) is 16.0. The summed E-state index contributed by atoms with van der Waals surface area (Å²) in [4.78, 5) is 23.2. The molecule has 0 radical (unpaired) electrons. The van der Waals surface area contributed by atoms with Gasteiger partial charge in [0.1, 0.15) is 5.82 Å². The highest BCUT2D eigenvalue weighted by Crippen LogP contribution is 2.03. The molecule has 2 rings (SSSR count). The van der Waals surface area contributed by atoms with Gasteiger partial charge in [-0.1, -0.05) is 17.7 Å². The van der Waals surface area contributed by atoms with Gasteiger partial charge < -0.3 is 16.0 Å². The first-order valence-electron chi connectivity index (χ1n) is 7.24. The third-order valence-electron chi connectivity index (χ3n) is 3.15. The maximum Gasteiger partial charge on any atom is 0.271 e. The van der Waals surface area contributed by atoms with Crippen LogP contribution in [0.2, 0.25) is 0 Å². The molecule has 1 heterocycles. The van der Waals surface area contributed by atoms with Crippen molar-refractivity contribution in [3.05, 3.63) is 53.2 Å². The predicted molar refractivity (Wildman–Crippen MR) is 87.4 cm³/mol. The molecule has 0 bridgehead atoms. The fraction of sp³-hybridized carbons (Fsp3) is 0.250. The average molecular weight is 313 g/mol. The molecule has 2 aromatic rings. The number of carbonyl (C=O) groups is 2. The Balaban J connectivity index is 1.75. The zero-order valence-corrected chi connectivity index (χ0v) is 13.1. The number of hydrogen-bond acceptors (Lipinski definition) is 5. The average Bonchev–Trinajstić information content (AvgIpc) is 2.59. The third-order valence-corrected chi connectivity index (χ3v) is 3.15. The first-order chi connectivity index (χ1) is 11.1. The molecular formula is C16H19N5O2. The lowest BCUT2D eigenvalue weighted by atomic mass is 10.1. The Labute approximate surface area is 134 Å². The van der Waals surface area contributed by atoms with E-state index in [1.54, 1.807) is 24.3 Å². The van der Waals surface area contributed by atoms with Gasteiger partial charge in [-0.3, -0.25) is 9.59 Å². The first kappa shape index (κ1) is 16.4. The molecule has 1 aromatic heterocycles. The van der Waals surface area contributed by atoms with Crippen molar-refractivity contribution in [1.29, 1.82) is 0 Å². The summed E-state index contributed by atoms with van der Waals surface area (Å²) in [7, 11) is 1.53. The molecule has 3 N–H and O–H groups in total. The molecule has 7 nitrogen and oxygen atoms in total. The summed E-state index contributed by atoms with van der Waals surface area (Å²) in [6, 6.07) is 10.6. The Morgan fingerprint density at radius 3 is 2.30 bits per heavy atom. The van der Waals surface area contributed by atoms with E-state index in [-0.39, 0.29) is 17.5 Å². The highest BCUT2D eigenvalue weighted by atomic mass is 16.2. The van der Waals surface area contributed by atoms with Gasteiger partial charge in [0.25, 0.3) is 11.8 Å². The molecule has 0 aliphatic rings. The standard InChI is InChI=1S/C16H19N5O2/c1-11-3-5-12(6-4-11)15(22)19-10-9-18-14-8-7-13(20-21-14)16(23)17-2/h3-8H,9-10H2,1-2H3,(H,17,23)(H,18,21)(H,19,22).